The lowest BCUT2D eigenvalue weighted by atomic mass is 10.0. The van der Waals surface area contributed by atoms with Gasteiger partial charge in [-0.3, -0.25) is 0 Å². The van der Waals surface area contributed by atoms with E-state index in [9.17, 15) is 4.80 Å². The highest BCUT2D eigenvalue weighted by atomic mass is 28.6. The number of unbranched alkanes of at least 4 members (excludes halogenated alkanes) is 30. The number of nitrogens with zero attached hydrogens (tertiary/aromatic N) is 2. The Kier molecular flexibility index (Phi) is 39.7. The van der Waals surface area contributed by atoms with Crippen LogP contribution >= 0.6 is 0 Å². The molecular weight excluding hydrogens is 1580 g/mol. The summed E-state index contributed by atoms with van der Waals surface area (Å²) in [6.07, 6.45) is 44.6. The van der Waals surface area contributed by atoms with Gasteiger partial charge in [0, 0.05) is 110 Å². The van der Waals surface area contributed by atoms with E-state index in [4.69, 9.17) is 80.7 Å². The maximum Gasteiger partial charge on any atom is 0.664 e. The first-order valence-corrected chi connectivity index (χ1v) is 65.0. The van der Waals surface area contributed by atoms with E-state index >= 15 is 0 Å². The molecule has 22 nitrogen and oxygen atoms in total. The Bertz CT molecular complexity index is 2910. The van der Waals surface area contributed by atoms with E-state index in [0.29, 0.717) is 12.1 Å². The number of hydrogen-bond acceptors (Lipinski definition) is 20. The maximum atomic E-state index is 13.2. The Hall–Kier alpha value is -0.0543. The van der Waals surface area contributed by atoms with Gasteiger partial charge in [0.2, 0.25) is 16.6 Å². The van der Waals surface area contributed by atoms with Gasteiger partial charge in [-0.1, -0.05) is 268 Å². The van der Waals surface area contributed by atoms with Gasteiger partial charge < -0.3 is 94.4 Å². The summed E-state index contributed by atoms with van der Waals surface area (Å²) < 4.78 is 134. The summed E-state index contributed by atoms with van der Waals surface area (Å²) in [5, 5.41) is 2.17. The van der Waals surface area contributed by atoms with E-state index in [-0.39, 0.29) is 0 Å². The average Bonchev–Trinajstić information content (AvgIpc) is 1.45. The molecule has 2 bridgehead atoms. The Labute approximate surface area is 680 Å². The van der Waals surface area contributed by atoms with Crippen molar-refractivity contribution in [2.75, 3.05) is 111 Å². The quantitative estimate of drug-likeness (QED) is 0.0373. The first-order chi connectivity index (χ1) is 52.4. The van der Waals surface area contributed by atoms with Crippen molar-refractivity contribution in [3.8, 4) is 0 Å². The van der Waals surface area contributed by atoms with Gasteiger partial charge in [0.25, 0.3) is 0 Å². The minimum atomic E-state index is -4.43. The topological polar surface area (TPSA) is 196 Å². The summed E-state index contributed by atoms with van der Waals surface area (Å²) in [6.45, 7) is 21.1. The Morgan fingerprint density at radius 3 is 0.945 bits per heavy atom. The fourth-order valence-corrected chi connectivity index (χ4v) is 74.5. The molecule has 7 unspecified atom stereocenters. The van der Waals surface area contributed by atoms with E-state index < -0.39 is 124 Å². The van der Waals surface area contributed by atoms with Gasteiger partial charge in [0.05, 0.1) is 54.4 Å². The zero-order valence-corrected chi connectivity index (χ0v) is 83.5. The summed E-state index contributed by atoms with van der Waals surface area (Å²) in [7, 11) is -20.3. The van der Waals surface area contributed by atoms with Crippen molar-refractivity contribution >= 4 is 107 Å². The minimum Gasteiger partial charge on any atom is -0.412 e. The highest BCUT2D eigenvalue weighted by Crippen LogP contribution is 2.81. The van der Waals surface area contributed by atoms with Crippen LogP contribution in [-0.4, -0.2) is 221 Å². The van der Waals surface area contributed by atoms with Gasteiger partial charge in [-0.2, -0.15) is 0 Å². The molecule has 0 saturated carbocycles. The first-order valence-electron chi connectivity index (χ1n) is 43.0. The third-order valence-corrected chi connectivity index (χ3v) is 70.1. The molecule has 0 amide bonds. The predicted molar refractivity (Wildman–Crippen MR) is 461 cm³/mol. The molecule has 6 fully saturated rings. The van der Waals surface area contributed by atoms with E-state index in [0.717, 1.165) is 58.4 Å². The molecule has 6 aliphatic rings. The molecule has 10 atom stereocenters. The largest absolute Gasteiger partial charge is 0.664 e. The van der Waals surface area contributed by atoms with Crippen LogP contribution in [-0.2, 0) is 80.7 Å². The number of fused-ring (bicyclic) bond motifs is 1. The van der Waals surface area contributed by atoms with Crippen LogP contribution in [0.25, 0.3) is 0 Å². The molecule has 8 rings (SSSR count). The van der Waals surface area contributed by atoms with Crippen molar-refractivity contribution in [1.29, 1.82) is 0 Å². The monoisotopic (exact) mass is 1740 g/mol. The van der Waals surface area contributed by atoms with Crippen LogP contribution < -0.4 is 10.4 Å². The molecule has 2 aromatic rings. The zero-order valence-electron chi connectivity index (χ0n) is 72.5. The SMILES string of the molecule is CCCCCCCCCCCCCCCCCC[N+](C)(C)CCC[Si](OC)(O[Si](OC)(OC)O[Si]1(OC)O[Si]2(O)O[Si]34O[Si]5(O[Si](OC)(O[Si](OC)(OC)O[Si](CCC[N+](C)(C)CCCCCCCCCCCCCCCCCC)(OC)O[Si](C)(C)c6ccccc6)[C@H](C)[C@@H]5[C@@H]3C2C1C)O4)O[Si](C)(C)c1ccccc1. The average molecular weight is 1740 g/mol. The van der Waals surface area contributed by atoms with Crippen molar-refractivity contribution in [3.05, 3.63) is 60.7 Å². The van der Waals surface area contributed by atoms with Gasteiger partial charge in [0.15, 0.2) is 0 Å². The smallest absolute Gasteiger partial charge is 0.412 e. The van der Waals surface area contributed by atoms with Crippen molar-refractivity contribution < 1.29 is 94.4 Å². The van der Waals surface area contributed by atoms with E-state index in [1.165, 1.54) is 241 Å². The lowest BCUT2D eigenvalue weighted by Gasteiger charge is -2.45. The molecule has 1 N–H and O–H groups in total. The molecule has 0 radical (unpaired) electrons. The normalized spacial score (nSPS) is 26.6. The molecule has 2 aromatic carbocycles. The van der Waals surface area contributed by atoms with Gasteiger partial charge in [-0.05, 0) is 62.2 Å². The van der Waals surface area contributed by atoms with Crippen molar-refractivity contribution in [1.82, 2.24) is 0 Å². The van der Waals surface area contributed by atoms with Gasteiger partial charge in [0.1, 0.15) is 0 Å². The van der Waals surface area contributed by atoms with Crippen LogP contribution in [0.15, 0.2) is 60.7 Å². The summed E-state index contributed by atoms with van der Waals surface area (Å²) in [6, 6.07) is 21.5. The van der Waals surface area contributed by atoms with Crippen molar-refractivity contribution in [3.63, 3.8) is 0 Å². The van der Waals surface area contributed by atoms with Crippen LogP contribution in [0.4, 0.5) is 0 Å². The second-order valence-corrected chi connectivity index (χ2v) is 69.7. The van der Waals surface area contributed by atoms with Crippen molar-refractivity contribution in [2.24, 2.45) is 0 Å². The second-order valence-electron chi connectivity index (χ2n) is 34.7. The maximum absolute atomic E-state index is 13.2. The number of rotatable bonds is 64. The van der Waals surface area contributed by atoms with Crippen LogP contribution in [0.3, 0.4) is 0 Å². The van der Waals surface area contributed by atoms with Crippen LogP contribution in [0, 0.1) is 0 Å². The molecule has 0 aliphatic carbocycles. The summed E-state index contributed by atoms with van der Waals surface area (Å²) in [5.74, 6) is 0. The van der Waals surface area contributed by atoms with Crippen LogP contribution in [0.2, 0.25) is 66.0 Å². The molecule has 6 saturated heterocycles. The molecule has 6 aliphatic heterocycles. The van der Waals surface area contributed by atoms with Gasteiger partial charge in [-0.25, -0.2) is 0 Å². The lowest BCUT2D eigenvalue weighted by molar-refractivity contribution is -0.890. The zero-order chi connectivity index (χ0) is 80.3. The Morgan fingerprint density at radius 2 is 0.636 bits per heavy atom. The highest BCUT2D eigenvalue weighted by molar-refractivity contribution is 7.07. The molecule has 636 valence electrons. The Balaban J connectivity index is 1.02. The molecule has 2 spiro atoms. The minimum absolute atomic E-state index is 0.457. The van der Waals surface area contributed by atoms with E-state index in [2.05, 4.69) is 92.5 Å². The highest BCUT2D eigenvalue weighted by Gasteiger charge is 3.00. The third kappa shape index (κ3) is 26.0. The fraction of sp³-hybridized carbons (Fsp3) is 0.844. The van der Waals surface area contributed by atoms with Gasteiger partial charge in [-0.15, -0.1) is 0 Å². The Morgan fingerprint density at radius 1 is 0.345 bits per heavy atom. The predicted octanol–water partition coefficient (Wildman–Crippen LogP) is 17.4. The third-order valence-electron chi connectivity index (χ3n) is 24.4. The molecule has 6 heterocycles. The first kappa shape index (κ1) is 97.1. The molecule has 110 heavy (non-hydrogen) atoms. The second kappa shape index (κ2) is 45.0. The summed E-state index contributed by atoms with van der Waals surface area (Å²) in [5.41, 5.74) is -2.79. The summed E-state index contributed by atoms with van der Waals surface area (Å²) >= 11 is 0. The van der Waals surface area contributed by atoms with E-state index in [1.54, 1.807) is 21.3 Å². The van der Waals surface area contributed by atoms with Crippen LogP contribution in [0.5, 0.6) is 0 Å². The molecular formula is C77H156N2O20Si11+2. The number of benzene rings is 2. The number of quaternary nitrogens is 2. The summed E-state index contributed by atoms with van der Waals surface area (Å²) in [4.78, 5) is 13.2. The van der Waals surface area contributed by atoms with E-state index in [1.807, 2.05) is 50.2 Å². The van der Waals surface area contributed by atoms with Crippen LogP contribution in [0.1, 0.15) is 246 Å². The lowest BCUT2D eigenvalue weighted by Crippen LogP contribution is -2.72. The fourth-order valence-electron chi connectivity index (χ4n) is 17.7. The number of hydrogen-bond donors (Lipinski definition) is 1. The standard InChI is InChI=1S/C77H156N2O20Si11/c1-21-23-25-27-29-31-33-35-37-39-41-43-45-47-49-57-65-78(5,6)67-59-69-102(81-9,89-100(17,18)73-61-53-51-54-62-73)91-109(85-13,86-14)98-105(83-11)71(3)75-77-76-72(4)106(84-12,95-107(76)96-108(77,97-107)94-104(75,80)93-105)99-110(87-15,88-16)92-103(82-10,90-101(19,20)74-63-55-52-56-64-74)70-60-68-79(7,8)66-58-50-48-46-44-42-40-38-36-34-32-30-28-26-24-22-2/h51-56,61-64,71-72,75-77,80H,21-50,57-60,65-70H2,1-20H3/q+2/t71?,72-,75?,76-,77+,102?,103?,104?,105?,106?,107?,108?/m1/s1. The molecule has 33 heteroatoms. The molecule has 0 aromatic heterocycles. The van der Waals surface area contributed by atoms with Crippen molar-refractivity contribution in [2.45, 2.75) is 312 Å². The van der Waals surface area contributed by atoms with Gasteiger partial charge >= 0.3 is 79.7 Å².